The minimum atomic E-state index is -4.84. The van der Waals surface area contributed by atoms with Crippen LogP contribution in [0.25, 0.3) is 10.9 Å². The molecule has 0 saturated carbocycles. The van der Waals surface area contributed by atoms with Crippen LogP contribution in [-0.4, -0.2) is 10.8 Å². The first-order valence-electron chi connectivity index (χ1n) is 7.09. The lowest BCUT2D eigenvalue weighted by molar-refractivity contribution is -0.140. The van der Waals surface area contributed by atoms with Crippen molar-refractivity contribution in [3.05, 3.63) is 77.2 Å². The van der Waals surface area contributed by atoms with Crippen LogP contribution in [0.3, 0.4) is 0 Å². The van der Waals surface area contributed by atoms with E-state index in [0.717, 1.165) is 11.5 Å². The van der Waals surface area contributed by atoms with E-state index in [2.05, 4.69) is 4.98 Å². The van der Waals surface area contributed by atoms with E-state index in [1.54, 1.807) is 30.3 Å². The molecule has 1 aromatic heterocycles. The number of nitrogens with zero attached hydrogens (tertiary/aromatic N) is 1. The van der Waals surface area contributed by atoms with Gasteiger partial charge in [-0.1, -0.05) is 18.2 Å². The number of pyridine rings is 1. The molecule has 0 aliphatic heterocycles. The Labute approximate surface area is 134 Å². The van der Waals surface area contributed by atoms with Gasteiger partial charge in [0.05, 0.1) is 11.1 Å². The third kappa shape index (κ3) is 3.13. The third-order valence-corrected chi connectivity index (χ3v) is 3.68. The fraction of sp³-hybridized carbons (Fsp3) is 0.111. The van der Waals surface area contributed by atoms with E-state index < -0.39 is 23.3 Å². The van der Waals surface area contributed by atoms with Gasteiger partial charge in [-0.05, 0) is 35.9 Å². The molecule has 0 aliphatic carbocycles. The summed E-state index contributed by atoms with van der Waals surface area (Å²) in [7, 11) is 0. The summed E-state index contributed by atoms with van der Waals surface area (Å²) in [6, 6.07) is 11.1. The van der Waals surface area contributed by atoms with Gasteiger partial charge in [-0.3, -0.25) is 9.78 Å². The van der Waals surface area contributed by atoms with Gasteiger partial charge < -0.3 is 0 Å². The Morgan fingerprint density at radius 3 is 2.54 bits per heavy atom. The molecule has 3 rings (SSSR count). The first-order chi connectivity index (χ1) is 11.4. The Kier molecular flexibility index (Phi) is 4.05. The minimum Gasteiger partial charge on any atom is -0.294 e. The Morgan fingerprint density at radius 2 is 1.79 bits per heavy atom. The molecular formula is C18H11F4NO. The van der Waals surface area contributed by atoms with E-state index in [1.165, 1.54) is 6.20 Å². The van der Waals surface area contributed by atoms with Crippen molar-refractivity contribution >= 4 is 16.7 Å². The second-order valence-corrected chi connectivity index (χ2v) is 5.28. The monoisotopic (exact) mass is 333 g/mol. The van der Waals surface area contributed by atoms with Crippen LogP contribution >= 0.6 is 0 Å². The van der Waals surface area contributed by atoms with Crippen molar-refractivity contribution in [3.8, 4) is 0 Å². The lowest BCUT2D eigenvalue weighted by atomic mass is 9.98. The van der Waals surface area contributed by atoms with Gasteiger partial charge in [0.1, 0.15) is 5.82 Å². The Balaban J connectivity index is 1.95. The van der Waals surface area contributed by atoms with Crippen molar-refractivity contribution in [1.29, 1.82) is 0 Å². The third-order valence-electron chi connectivity index (χ3n) is 3.68. The van der Waals surface area contributed by atoms with Crippen LogP contribution in [0.2, 0.25) is 0 Å². The highest BCUT2D eigenvalue weighted by Crippen LogP contribution is 2.32. The van der Waals surface area contributed by atoms with Gasteiger partial charge >= 0.3 is 6.18 Å². The molecule has 0 aliphatic rings. The van der Waals surface area contributed by atoms with Crippen molar-refractivity contribution in [2.24, 2.45) is 0 Å². The van der Waals surface area contributed by atoms with Crippen molar-refractivity contribution in [1.82, 2.24) is 4.98 Å². The van der Waals surface area contributed by atoms with E-state index in [4.69, 9.17) is 0 Å². The van der Waals surface area contributed by atoms with Gasteiger partial charge in [0, 0.05) is 23.6 Å². The quantitative estimate of drug-likeness (QED) is 0.508. The predicted molar refractivity (Wildman–Crippen MR) is 81.2 cm³/mol. The number of halogens is 4. The molecule has 2 nitrogen and oxygen atoms in total. The molecule has 2 aromatic carbocycles. The summed E-state index contributed by atoms with van der Waals surface area (Å²) in [5.74, 6) is -1.91. The van der Waals surface area contributed by atoms with Gasteiger partial charge in [-0.2, -0.15) is 13.2 Å². The first kappa shape index (κ1) is 16.1. The second-order valence-electron chi connectivity index (χ2n) is 5.28. The van der Waals surface area contributed by atoms with Crippen LogP contribution in [0.15, 0.2) is 54.7 Å². The van der Waals surface area contributed by atoms with Crippen LogP contribution in [0.1, 0.15) is 21.5 Å². The molecule has 0 bridgehead atoms. The molecule has 0 radical (unpaired) electrons. The molecule has 0 N–H and O–H groups in total. The standard InChI is InChI=1S/C18H11F4NO/c19-15-6-5-12(9-14(15)18(20,21)22)17(24)10-11-7-8-23-16-4-2-1-3-13(11)16/h1-9H,10H2. The Bertz CT molecular complexity index is 913. The van der Waals surface area contributed by atoms with E-state index in [1.807, 2.05) is 0 Å². The highest BCUT2D eigenvalue weighted by molar-refractivity contribution is 5.99. The summed E-state index contributed by atoms with van der Waals surface area (Å²) in [6.45, 7) is 0. The zero-order valence-corrected chi connectivity index (χ0v) is 12.3. The molecule has 24 heavy (non-hydrogen) atoms. The van der Waals surface area contributed by atoms with E-state index >= 15 is 0 Å². The molecule has 0 amide bonds. The number of carbonyl (C=O) groups is 1. The number of hydrogen-bond donors (Lipinski definition) is 0. The molecule has 122 valence electrons. The molecule has 0 saturated heterocycles. The zero-order valence-electron chi connectivity index (χ0n) is 12.3. The highest BCUT2D eigenvalue weighted by atomic mass is 19.4. The van der Waals surface area contributed by atoms with Crippen molar-refractivity contribution in [2.45, 2.75) is 12.6 Å². The largest absolute Gasteiger partial charge is 0.419 e. The summed E-state index contributed by atoms with van der Waals surface area (Å²) in [4.78, 5) is 16.5. The van der Waals surface area contributed by atoms with Gasteiger partial charge in [0.15, 0.2) is 5.78 Å². The second kappa shape index (κ2) is 6.03. The lowest BCUT2D eigenvalue weighted by Crippen LogP contribution is -2.11. The van der Waals surface area contributed by atoms with Crippen molar-refractivity contribution in [3.63, 3.8) is 0 Å². The van der Waals surface area contributed by atoms with Gasteiger partial charge in [-0.15, -0.1) is 0 Å². The summed E-state index contributed by atoms with van der Waals surface area (Å²) in [5, 5.41) is 0.756. The van der Waals surface area contributed by atoms with Gasteiger partial charge in [0.25, 0.3) is 0 Å². The molecule has 0 unspecified atom stereocenters. The van der Waals surface area contributed by atoms with Crippen LogP contribution < -0.4 is 0 Å². The Hall–Kier alpha value is -2.76. The zero-order chi connectivity index (χ0) is 17.3. The topological polar surface area (TPSA) is 30.0 Å². The molecular weight excluding hydrogens is 322 g/mol. The van der Waals surface area contributed by atoms with Gasteiger partial charge in [-0.25, -0.2) is 4.39 Å². The number of Topliss-reactive ketones (excluding diaryl/α,β-unsaturated/α-hetero) is 1. The fourth-order valence-corrected chi connectivity index (χ4v) is 2.50. The minimum absolute atomic E-state index is 0.0913. The van der Waals surface area contributed by atoms with E-state index in [0.29, 0.717) is 23.2 Å². The van der Waals surface area contributed by atoms with Gasteiger partial charge in [0.2, 0.25) is 0 Å². The highest BCUT2D eigenvalue weighted by Gasteiger charge is 2.34. The predicted octanol–water partition coefficient (Wildman–Crippen LogP) is 4.82. The number of alkyl halides is 3. The Morgan fingerprint density at radius 1 is 1.04 bits per heavy atom. The normalized spacial score (nSPS) is 11.7. The van der Waals surface area contributed by atoms with Crippen LogP contribution in [0.5, 0.6) is 0 Å². The molecule has 3 aromatic rings. The number of fused-ring (bicyclic) bond motifs is 1. The number of hydrogen-bond acceptors (Lipinski definition) is 2. The SMILES string of the molecule is O=C(Cc1ccnc2ccccc12)c1ccc(F)c(C(F)(F)F)c1. The van der Waals surface area contributed by atoms with Crippen LogP contribution in [-0.2, 0) is 12.6 Å². The molecule has 0 atom stereocenters. The molecule has 0 spiro atoms. The fourth-order valence-electron chi connectivity index (χ4n) is 2.50. The van der Waals surface area contributed by atoms with Crippen LogP contribution in [0, 0.1) is 5.82 Å². The molecule has 0 fully saturated rings. The number of benzene rings is 2. The number of aromatic nitrogens is 1. The summed E-state index contributed by atoms with van der Waals surface area (Å²) < 4.78 is 51.6. The summed E-state index contributed by atoms with van der Waals surface area (Å²) in [5.41, 5.74) is -0.265. The average Bonchev–Trinajstić information content (AvgIpc) is 2.54. The number of carbonyl (C=O) groups excluding carboxylic acids is 1. The smallest absolute Gasteiger partial charge is 0.294 e. The summed E-state index contributed by atoms with van der Waals surface area (Å²) in [6.07, 6.45) is -3.40. The maximum Gasteiger partial charge on any atom is 0.419 e. The molecule has 1 heterocycles. The average molecular weight is 333 g/mol. The first-order valence-corrected chi connectivity index (χ1v) is 7.09. The number of ketones is 1. The maximum absolute atomic E-state index is 13.3. The number of para-hydroxylation sites is 1. The molecule has 6 heteroatoms. The van der Waals surface area contributed by atoms with E-state index in [-0.39, 0.29) is 12.0 Å². The van der Waals surface area contributed by atoms with E-state index in [9.17, 15) is 22.4 Å². The van der Waals surface area contributed by atoms with Crippen molar-refractivity contribution in [2.75, 3.05) is 0 Å². The lowest BCUT2D eigenvalue weighted by Gasteiger charge is -2.10. The maximum atomic E-state index is 13.3. The summed E-state index contributed by atoms with van der Waals surface area (Å²) >= 11 is 0. The van der Waals surface area contributed by atoms with Crippen LogP contribution in [0.4, 0.5) is 17.6 Å². The number of rotatable bonds is 3. The van der Waals surface area contributed by atoms with Crippen molar-refractivity contribution < 1.29 is 22.4 Å².